The van der Waals surface area contributed by atoms with Crippen molar-refractivity contribution in [2.75, 3.05) is 29.6 Å². The molecule has 1 rings (SSSR count). The number of hydrogen-bond donors (Lipinski definition) is 2. The van der Waals surface area contributed by atoms with Gasteiger partial charge < -0.3 is 11.1 Å². The fourth-order valence-electron chi connectivity index (χ4n) is 0.791. The molecule has 0 aliphatic rings. The first-order valence-electron chi connectivity index (χ1n) is 3.77. The molecule has 0 saturated heterocycles. The fourth-order valence-corrected chi connectivity index (χ4v) is 1.10. The molecule has 0 fully saturated rings. The highest BCUT2D eigenvalue weighted by molar-refractivity contribution is 7.98. The number of anilines is 2. The molecule has 0 radical (unpaired) electrons. The summed E-state index contributed by atoms with van der Waals surface area (Å²) in [6, 6.07) is 3.73. The number of hydrogen-bond acceptors (Lipinski definition) is 4. The van der Waals surface area contributed by atoms with Gasteiger partial charge in [0.25, 0.3) is 0 Å². The van der Waals surface area contributed by atoms with Crippen molar-refractivity contribution >= 4 is 23.3 Å². The van der Waals surface area contributed by atoms with E-state index in [-0.39, 0.29) is 0 Å². The lowest BCUT2D eigenvalue weighted by Crippen LogP contribution is -2.05. The molecule has 0 aliphatic heterocycles. The van der Waals surface area contributed by atoms with Crippen LogP contribution in [-0.4, -0.2) is 23.5 Å². The van der Waals surface area contributed by atoms with Crippen molar-refractivity contribution < 1.29 is 0 Å². The van der Waals surface area contributed by atoms with Crippen LogP contribution < -0.4 is 11.1 Å². The SMILES string of the molecule is CSCCNc1ccc(N)cn1. The van der Waals surface area contributed by atoms with Crippen molar-refractivity contribution in [2.24, 2.45) is 0 Å². The molecule has 0 unspecified atom stereocenters. The van der Waals surface area contributed by atoms with Crippen LogP contribution in [0.3, 0.4) is 0 Å². The molecule has 0 bridgehead atoms. The highest BCUT2D eigenvalue weighted by Gasteiger charge is 1.90. The minimum Gasteiger partial charge on any atom is -0.397 e. The summed E-state index contributed by atoms with van der Waals surface area (Å²) < 4.78 is 0. The molecule has 1 aromatic rings. The fraction of sp³-hybridized carbons (Fsp3) is 0.375. The van der Waals surface area contributed by atoms with Crippen molar-refractivity contribution in [1.29, 1.82) is 0 Å². The van der Waals surface area contributed by atoms with Crippen LogP contribution in [0.15, 0.2) is 18.3 Å². The maximum Gasteiger partial charge on any atom is 0.126 e. The standard InChI is InChI=1S/C8H13N3S/c1-12-5-4-10-8-3-2-7(9)6-11-8/h2-3,6H,4-5,9H2,1H3,(H,10,11). The molecule has 0 atom stereocenters. The zero-order valence-electron chi connectivity index (χ0n) is 7.08. The van der Waals surface area contributed by atoms with Gasteiger partial charge in [0.2, 0.25) is 0 Å². The normalized spacial score (nSPS) is 9.75. The van der Waals surface area contributed by atoms with Crippen LogP contribution in [0.4, 0.5) is 11.5 Å². The topological polar surface area (TPSA) is 50.9 Å². The van der Waals surface area contributed by atoms with Crippen LogP contribution in [0.25, 0.3) is 0 Å². The summed E-state index contributed by atoms with van der Waals surface area (Å²) in [5.74, 6) is 1.98. The molecule has 0 amide bonds. The highest BCUT2D eigenvalue weighted by Crippen LogP contribution is 2.05. The first-order valence-corrected chi connectivity index (χ1v) is 5.16. The van der Waals surface area contributed by atoms with Gasteiger partial charge in [0, 0.05) is 12.3 Å². The van der Waals surface area contributed by atoms with Gasteiger partial charge in [-0.05, 0) is 18.4 Å². The average molecular weight is 183 g/mol. The van der Waals surface area contributed by atoms with Gasteiger partial charge in [0.15, 0.2) is 0 Å². The van der Waals surface area contributed by atoms with E-state index >= 15 is 0 Å². The van der Waals surface area contributed by atoms with Crippen molar-refractivity contribution in [2.45, 2.75) is 0 Å². The lowest BCUT2D eigenvalue weighted by atomic mass is 10.4. The van der Waals surface area contributed by atoms with Crippen LogP contribution in [0.2, 0.25) is 0 Å². The summed E-state index contributed by atoms with van der Waals surface area (Å²) in [4.78, 5) is 4.10. The van der Waals surface area contributed by atoms with E-state index in [2.05, 4.69) is 16.6 Å². The largest absolute Gasteiger partial charge is 0.397 e. The second kappa shape index (κ2) is 4.87. The van der Waals surface area contributed by atoms with Gasteiger partial charge in [-0.2, -0.15) is 11.8 Å². The quantitative estimate of drug-likeness (QED) is 0.693. The van der Waals surface area contributed by atoms with Crippen molar-refractivity contribution in [3.63, 3.8) is 0 Å². The van der Waals surface area contributed by atoms with E-state index in [4.69, 9.17) is 5.73 Å². The number of thioether (sulfide) groups is 1. The molecule has 3 nitrogen and oxygen atoms in total. The summed E-state index contributed by atoms with van der Waals surface area (Å²) in [6.07, 6.45) is 3.74. The molecule has 1 aromatic heterocycles. The summed E-state index contributed by atoms with van der Waals surface area (Å²) >= 11 is 1.81. The van der Waals surface area contributed by atoms with E-state index in [0.717, 1.165) is 18.1 Å². The number of aromatic nitrogens is 1. The zero-order valence-corrected chi connectivity index (χ0v) is 7.90. The zero-order chi connectivity index (χ0) is 8.81. The molecule has 0 aliphatic carbocycles. The first-order chi connectivity index (χ1) is 5.83. The van der Waals surface area contributed by atoms with Gasteiger partial charge in [0.1, 0.15) is 5.82 Å². The number of nitrogens with two attached hydrogens (primary N) is 1. The summed E-state index contributed by atoms with van der Waals surface area (Å²) in [7, 11) is 0. The molecule has 0 spiro atoms. The minimum atomic E-state index is 0.699. The number of nitrogens with zero attached hydrogens (tertiary/aromatic N) is 1. The Morgan fingerprint density at radius 2 is 2.42 bits per heavy atom. The van der Waals surface area contributed by atoms with E-state index in [9.17, 15) is 0 Å². The lowest BCUT2D eigenvalue weighted by Gasteiger charge is -2.03. The summed E-state index contributed by atoms with van der Waals surface area (Å²) in [6.45, 7) is 0.943. The van der Waals surface area contributed by atoms with Crippen molar-refractivity contribution in [3.05, 3.63) is 18.3 Å². The summed E-state index contributed by atoms with van der Waals surface area (Å²) in [5.41, 5.74) is 6.19. The Balaban J connectivity index is 2.37. The van der Waals surface area contributed by atoms with E-state index < -0.39 is 0 Å². The Labute approximate surface area is 76.8 Å². The maximum absolute atomic E-state index is 5.49. The van der Waals surface area contributed by atoms with Crippen LogP contribution in [0.1, 0.15) is 0 Å². The predicted molar refractivity (Wildman–Crippen MR) is 55.5 cm³/mol. The third kappa shape index (κ3) is 3.00. The number of nitrogen functional groups attached to an aromatic ring is 1. The molecule has 0 aromatic carbocycles. The van der Waals surface area contributed by atoms with Gasteiger partial charge in [0.05, 0.1) is 11.9 Å². The van der Waals surface area contributed by atoms with E-state index in [0.29, 0.717) is 5.69 Å². The molecule has 1 heterocycles. The maximum atomic E-state index is 5.49. The third-order valence-corrected chi connectivity index (χ3v) is 2.01. The Morgan fingerprint density at radius 3 is 3.00 bits per heavy atom. The third-order valence-electron chi connectivity index (χ3n) is 1.40. The summed E-state index contributed by atoms with van der Waals surface area (Å²) in [5, 5.41) is 3.19. The van der Waals surface area contributed by atoms with Crippen molar-refractivity contribution in [3.8, 4) is 0 Å². The minimum absolute atomic E-state index is 0.699. The van der Waals surface area contributed by atoms with Crippen molar-refractivity contribution in [1.82, 2.24) is 4.98 Å². The average Bonchev–Trinajstić information content (AvgIpc) is 2.09. The van der Waals surface area contributed by atoms with Gasteiger partial charge in [-0.3, -0.25) is 0 Å². The lowest BCUT2D eigenvalue weighted by molar-refractivity contribution is 1.17. The van der Waals surface area contributed by atoms with E-state index in [1.165, 1.54) is 0 Å². The monoisotopic (exact) mass is 183 g/mol. The molecular weight excluding hydrogens is 170 g/mol. The highest BCUT2D eigenvalue weighted by atomic mass is 32.2. The number of pyridine rings is 1. The predicted octanol–water partition coefficient (Wildman–Crippen LogP) is 1.44. The molecule has 4 heteroatoms. The van der Waals surface area contributed by atoms with Gasteiger partial charge >= 0.3 is 0 Å². The number of nitrogens with one attached hydrogen (secondary N) is 1. The molecule has 0 saturated carbocycles. The second-order valence-electron chi connectivity index (χ2n) is 2.40. The Kier molecular flexibility index (Phi) is 3.73. The van der Waals surface area contributed by atoms with Crippen LogP contribution in [-0.2, 0) is 0 Å². The molecular formula is C8H13N3S. The van der Waals surface area contributed by atoms with Gasteiger partial charge in [-0.1, -0.05) is 0 Å². The Morgan fingerprint density at radius 1 is 1.58 bits per heavy atom. The smallest absolute Gasteiger partial charge is 0.126 e. The Bertz CT molecular complexity index is 222. The van der Waals surface area contributed by atoms with E-state index in [1.54, 1.807) is 6.20 Å². The molecule has 12 heavy (non-hydrogen) atoms. The molecule has 66 valence electrons. The molecule has 3 N–H and O–H groups in total. The van der Waals surface area contributed by atoms with Crippen LogP contribution in [0.5, 0.6) is 0 Å². The van der Waals surface area contributed by atoms with Crippen LogP contribution >= 0.6 is 11.8 Å². The van der Waals surface area contributed by atoms with Gasteiger partial charge in [-0.15, -0.1) is 0 Å². The first kappa shape index (κ1) is 9.19. The second-order valence-corrected chi connectivity index (χ2v) is 3.38. The van der Waals surface area contributed by atoms with E-state index in [1.807, 2.05) is 23.9 Å². The van der Waals surface area contributed by atoms with Gasteiger partial charge in [-0.25, -0.2) is 4.98 Å². The number of rotatable bonds is 4. The van der Waals surface area contributed by atoms with Crippen LogP contribution in [0, 0.1) is 0 Å². The Hall–Kier alpha value is -0.900.